The van der Waals surface area contributed by atoms with E-state index in [2.05, 4.69) is 0 Å². The van der Waals surface area contributed by atoms with E-state index in [1.807, 2.05) is 30.3 Å². The van der Waals surface area contributed by atoms with Gasteiger partial charge in [0.05, 0.1) is 6.61 Å². The fourth-order valence-corrected chi connectivity index (χ4v) is 3.72. The average molecular weight is 404 g/mol. The van der Waals surface area contributed by atoms with Crippen molar-refractivity contribution in [2.75, 3.05) is 6.61 Å². The van der Waals surface area contributed by atoms with Crippen molar-refractivity contribution in [2.24, 2.45) is 0 Å². The first kappa shape index (κ1) is 19.9. The van der Waals surface area contributed by atoms with Crippen molar-refractivity contribution in [2.45, 2.75) is 49.7 Å². The third-order valence-electron chi connectivity index (χ3n) is 5.36. The van der Waals surface area contributed by atoms with Crippen LogP contribution in [0, 0.1) is 0 Å². The van der Waals surface area contributed by atoms with Crippen LogP contribution in [0.1, 0.15) is 23.7 Å². The highest BCUT2D eigenvalue weighted by Gasteiger charge is 2.44. The van der Waals surface area contributed by atoms with Gasteiger partial charge in [0.15, 0.2) is 0 Å². The molecule has 2 aromatic rings. The molecule has 0 amide bonds. The SMILES string of the molecule is OC[C@H]1O[C@@H](Oc2cc(O)c3c(c2)O[C@H](c2ccccc2)CC3)[C@H](O)[C@@H](O)[C@H]1O. The van der Waals surface area contributed by atoms with Gasteiger partial charge in [-0.3, -0.25) is 0 Å². The van der Waals surface area contributed by atoms with Crippen LogP contribution in [0.4, 0.5) is 0 Å². The number of aliphatic hydroxyl groups excluding tert-OH is 4. The van der Waals surface area contributed by atoms with E-state index in [1.165, 1.54) is 6.07 Å². The minimum Gasteiger partial charge on any atom is -0.507 e. The second kappa shape index (κ2) is 8.17. The summed E-state index contributed by atoms with van der Waals surface area (Å²) in [5.74, 6) is 0.623. The Bertz CT molecular complexity index is 840. The molecule has 1 fully saturated rings. The third-order valence-corrected chi connectivity index (χ3v) is 5.36. The van der Waals surface area contributed by atoms with Crippen molar-refractivity contribution < 1.29 is 39.7 Å². The molecule has 2 aliphatic rings. The van der Waals surface area contributed by atoms with Crippen molar-refractivity contribution in [3.8, 4) is 17.2 Å². The van der Waals surface area contributed by atoms with Crippen LogP contribution in [-0.4, -0.2) is 62.8 Å². The maximum atomic E-state index is 10.4. The number of fused-ring (bicyclic) bond motifs is 1. The summed E-state index contributed by atoms with van der Waals surface area (Å²) in [6.45, 7) is -0.553. The van der Waals surface area contributed by atoms with E-state index in [4.69, 9.17) is 14.2 Å². The molecule has 0 unspecified atom stereocenters. The largest absolute Gasteiger partial charge is 0.507 e. The zero-order chi connectivity index (χ0) is 20.5. The molecule has 0 radical (unpaired) electrons. The van der Waals surface area contributed by atoms with Gasteiger partial charge in [-0.05, 0) is 18.4 Å². The highest BCUT2D eigenvalue weighted by atomic mass is 16.7. The minimum atomic E-state index is -1.55. The van der Waals surface area contributed by atoms with Gasteiger partial charge in [-0.2, -0.15) is 0 Å². The van der Waals surface area contributed by atoms with Crippen molar-refractivity contribution in [3.05, 3.63) is 53.6 Å². The summed E-state index contributed by atoms with van der Waals surface area (Å²) in [7, 11) is 0. The normalized spacial score (nSPS) is 31.6. The van der Waals surface area contributed by atoms with Gasteiger partial charge in [0.25, 0.3) is 0 Å². The molecule has 0 saturated carbocycles. The minimum absolute atomic E-state index is 0.00592. The Labute approximate surface area is 167 Å². The van der Waals surface area contributed by atoms with Gasteiger partial charge in [0, 0.05) is 17.7 Å². The van der Waals surface area contributed by atoms with E-state index >= 15 is 0 Å². The second-order valence-electron chi connectivity index (χ2n) is 7.29. The third kappa shape index (κ3) is 3.90. The zero-order valence-electron chi connectivity index (χ0n) is 15.6. The zero-order valence-corrected chi connectivity index (χ0v) is 15.6. The second-order valence-corrected chi connectivity index (χ2v) is 7.29. The molecule has 5 N–H and O–H groups in total. The number of hydrogen-bond donors (Lipinski definition) is 5. The molecule has 2 aliphatic heterocycles. The summed E-state index contributed by atoms with van der Waals surface area (Å²) in [4.78, 5) is 0. The van der Waals surface area contributed by atoms with Gasteiger partial charge >= 0.3 is 0 Å². The number of phenols is 1. The number of benzene rings is 2. The molecule has 2 aromatic carbocycles. The van der Waals surface area contributed by atoms with Gasteiger partial charge in [0.1, 0.15) is 47.8 Å². The Morgan fingerprint density at radius 2 is 1.76 bits per heavy atom. The van der Waals surface area contributed by atoms with Crippen molar-refractivity contribution in [3.63, 3.8) is 0 Å². The van der Waals surface area contributed by atoms with Crippen LogP contribution in [0.2, 0.25) is 0 Å². The Morgan fingerprint density at radius 1 is 1.00 bits per heavy atom. The van der Waals surface area contributed by atoms with Gasteiger partial charge in [0.2, 0.25) is 6.29 Å². The lowest BCUT2D eigenvalue weighted by molar-refractivity contribution is -0.277. The van der Waals surface area contributed by atoms with Gasteiger partial charge in [-0.25, -0.2) is 0 Å². The highest BCUT2D eigenvalue weighted by Crippen LogP contribution is 2.42. The van der Waals surface area contributed by atoms with Crippen LogP contribution in [-0.2, 0) is 11.2 Å². The smallest absolute Gasteiger partial charge is 0.229 e. The molecule has 8 nitrogen and oxygen atoms in total. The highest BCUT2D eigenvalue weighted by molar-refractivity contribution is 5.51. The molecule has 8 heteroatoms. The molecule has 1 saturated heterocycles. The van der Waals surface area contributed by atoms with Crippen LogP contribution in [0.3, 0.4) is 0 Å². The summed E-state index contributed by atoms with van der Waals surface area (Å²) in [6, 6.07) is 12.7. The van der Waals surface area contributed by atoms with Crippen LogP contribution in [0.25, 0.3) is 0 Å². The quantitative estimate of drug-likeness (QED) is 0.502. The van der Waals surface area contributed by atoms with Gasteiger partial charge in [-0.15, -0.1) is 0 Å². The molecular weight excluding hydrogens is 380 g/mol. The molecule has 0 aromatic heterocycles. The molecule has 29 heavy (non-hydrogen) atoms. The lowest BCUT2D eigenvalue weighted by Gasteiger charge is -2.39. The van der Waals surface area contributed by atoms with Crippen molar-refractivity contribution >= 4 is 0 Å². The lowest BCUT2D eigenvalue weighted by atomic mass is 9.96. The standard InChI is InChI=1S/C21H24O8/c22-10-17-18(24)19(25)20(26)21(29-17)27-12-8-14(23)13-6-7-15(28-16(13)9-12)11-4-2-1-3-5-11/h1-5,8-9,15,17-26H,6-7,10H2/t15-,17+,18-,19-,20+,21+/m0/s1. The predicted octanol–water partition coefficient (Wildman–Crippen LogP) is 0.637. The number of phenolic OH excluding ortho intramolecular Hbond substituents is 1. The summed E-state index contributed by atoms with van der Waals surface area (Å²) in [5, 5.41) is 49.6. The van der Waals surface area contributed by atoms with Crippen molar-refractivity contribution in [1.29, 1.82) is 0 Å². The van der Waals surface area contributed by atoms with Gasteiger partial charge < -0.3 is 39.7 Å². The van der Waals surface area contributed by atoms with Crippen LogP contribution in [0.15, 0.2) is 42.5 Å². The van der Waals surface area contributed by atoms with E-state index in [0.717, 1.165) is 12.0 Å². The van der Waals surface area contributed by atoms with E-state index in [9.17, 15) is 25.5 Å². The fourth-order valence-electron chi connectivity index (χ4n) is 3.72. The molecule has 0 aliphatic carbocycles. The van der Waals surface area contributed by atoms with Crippen molar-refractivity contribution in [1.82, 2.24) is 0 Å². The Balaban J connectivity index is 1.55. The summed E-state index contributed by atoms with van der Waals surface area (Å²) in [5.41, 5.74) is 1.69. The fraction of sp³-hybridized carbons (Fsp3) is 0.429. The van der Waals surface area contributed by atoms with Gasteiger partial charge in [-0.1, -0.05) is 30.3 Å². The molecular formula is C21H24O8. The first-order valence-electron chi connectivity index (χ1n) is 9.52. The molecule has 4 rings (SSSR count). The lowest BCUT2D eigenvalue weighted by Crippen LogP contribution is -2.60. The number of hydrogen-bond acceptors (Lipinski definition) is 8. The van der Waals surface area contributed by atoms with Crippen LogP contribution >= 0.6 is 0 Å². The summed E-state index contributed by atoms with van der Waals surface area (Å²) < 4.78 is 17.0. The molecule has 0 spiro atoms. The molecule has 156 valence electrons. The summed E-state index contributed by atoms with van der Waals surface area (Å²) >= 11 is 0. The molecule has 0 bridgehead atoms. The maximum absolute atomic E-state index is 10.4. The first-order chi connectivity index (χ1) is 14.0. The topological polar surface area (TPSA) is 129 Å². The van der Waals surface area contributed by atoms with E-state index in [1.54, 1.807) is 6.07 Å². The number of aromatic hydroxyl groups is 1. The Morgan fingerprint density at radius 3 is 2.48 bits per heavy atom. The van der Waals surface area contributed by atoms with E-state index in [0.29, 0.717) is 17.7 Å². The number of ether oxygens (including phenoxy) is 3. The number of aliphatic hydroxyl groups is 4. The Hall–Kier alpha value is -2.36. The first-order valence-corrected chi connectivity index (χ1v) is 9.52. The van der Waals surface area contributed by atoms with E-state index < -0.39 is 37.3 Å². The average Bonchev–Trinajstić information content (AvgIpc) is 2.74. The number of rotatable bonds is 4. The van der Waals surface area contributed by atoms with Crippen LogP contribution in [0.5, 0.6) is 17.2 Å². The molecule has 2 heterocycles. The predicted molar refractivity (Wildman–Crippen MR) is 101 cm³/mol. The van der Waals surface area contributed by atoms with E-state index in [-0.39, 0.29) is 17.6 Å². The Kier molecular flexibility index (Phi) is 5.62. The summed E-state index contributed by atoms with van der Waals surface area (Å²) in [6.07, 6.45) is -5.79. The maximum Gasteiger partial charge on any atom is 0.229 e. The van der Waals surface area contributed by atoms with Crippen LogP contribution < -0.4 is 9.47 Å². The monoisotopic (exact) mass is 404 g/mol. The molecule has 6 atom stereocenters.